The Kier molecular flexibility index (Phi) is 5.74. The van der Waals surface area contributed by atoms with E-state index in [1.165, 1.54) is 12.1 Å². The number of amides is 2. The molecule has 0 saturated carbocycles. The Labute approximate surface area is 178 Å². The number of fused-ring (bicyclic) bond motifs is 1. The average molecular weight is 430 g/mol. The van der Waals surface area contributed by atoms with E-state index in [1.54, 1.807) is 23.1 Å². The maximum Gasteiger partial charge on any atom is 0.289 e. The number of rotatable bonds is 4. The van der Waals surface area contributed by atoms with Crippen LogP contribution in [0, 0.1) is 12.7 Å². The summed E-state index contributed by atoms with van der Waals surface area (Å²) in [5.74, 6) is -0.496. The number of benzene rings is 2. The van der Waals surface area contributed by atoms with Crippen molar-refractivity contribution < 1.29 is 18.4 Å². The molecule has 156 valence electrons. The predicted octanol–water partition coefficient (Wildman–Crippen LogP) is 3.93. The second-order valence-electron chi connectivity index (χ2n) is 7.30. The first-order valence-corrected chi connectivity index (χ1v) is 10.0. The van der Waals surface area contributed by atoms with Crippen LogP contribution >= 0.6 is 11.6 Å². The lowest BCUT2D eigenvalue weighted by atomic mass is 10.1. The van der Waals surface area contributed by atoms with Crippen molar-refractivity contribution in [3.05, 3.63) is 64.6 Å². The number of carbonyl (C=O) groups is 2. The van der Waals surface area contributed by atoms with Crippen molar-refractivity contribution in [3.63, 3.8) is 0 Å². The molecular weight excluding hydrogens is 409 g/mol. The van der Waals surface area contributed by atoms with Crippen LogP contribution in [0.15, 0.2) is 46.9 Å². The van der Waals surface area contributed by atoms with Crippen LogP contribution in [0.4, 0.5) is 10.1 Å². The smallest absolute Gasteiger partial charge is 0.289 e. The molecule has 4 rings (SSSR count). The summed E-state index contributed by atoms with van der Waals surface area (Å²) in [5.41, 5.74) is 1.72. The molecule has 2 amide bonds. The number of hydrogen-bond donors (Lipinski definition) is 1. The molecular formula is C22H21ClFN3O3. The highest BCUT2D eigenvalue weighted by Crippen LogP contribution is 2.31. The molecule has 8 heteroatoms. The molecule has 2 heterocycles. The van der Waals surface area contributed by atoms with Gasteiger partial charge in [0.2, 0.25) is 5.91 Å². The number of piperazine rings is 1. The molecule has 30 heavy (non-hydrogen) atoms. The van der Waals surface area contributed by atoms with Gasteiger partial charge in [-0.2, -0.15) is 0 Å². The lowest BCUT2D eigenvalue weighted by Gasteiger charge is -2.33. The number of nitrogens with zero attached hydrogens (tertiary/aromatic N) is 2. The fourth-order valence-corrected chi connectivity index (χ4v) is 3.85. The summed E-state index contributed by atoms with van der Waals surface area (Å²) in [6.07, 6.45) is 0. The number of furan rings is 1. The second kappa shape index (κ2) is 8.45. The van der Waals surface area contributed by atoms with Gasteiger partial charge < -0.3 is 14.6 Å². The Hall–Kier alpha value is -2.90. The molecule has 1 aliphatic heterocycles. The first-order valence-electron chi connectivity index (χ1n) is 9.67. The minimum Gasteiger partial charge on any atom is -0.449 e. The van der Waals surface area contributed by atoms with Gasteiger partial charge in [-0.05, 0) is 31.2 Å². The Morgan fingerprint density at radius 3 is 2.57 bits per heavy atom. The topological polar surface area (TPSA) is 65.8 Å². The largest absolute Gasteiger partial charge is 0.449 e. The molecule has 0 radical (unpaired) electrons. The Bertz CT molecular complexity index is 1110. The van der Waals surface area contributed by atoms with Crippen molar-refractivity contribution in [3.8, 4) is 0 Å². The monoisotopic (exact) mass is 429 g/mol. The van der Waals surface area contributed by atoms with Crippen molar-refractivity contribution in [2.75, 3.05) is 38.0 Å². The van der Waals surface area contributed by atoms with Gasteiger partial charge in [-0.1, -0.05) is 29.8 Å². The third-order valence-corrected chi connectivity index (χ3v) is 5.54. The minimum absolute atomic E-state index is 0.177. The molecule has 3 aromatic rings. The molecule has 0 unspecified atom stereocenters. The number of carbonyl (C=O) groups excluding carboxylic acids is 2. The van der Waals surface area contributed by atoms with E-state index in [-0.39, 0.29) is 18.4 Å². The number of aryl methyl sites for hydroxylation is 1. The summed E-state index contributed by atoms with van der Waals surface area (Å²) in [7, 11) is 0. The predicted molar refractivity (Wildman–Crippen MR) is 113 cm³/mol. The highest BCUT2D eigenvalue weighted by molar-refractivity contribution is 6.35. The van der Waals surface area contributed by atoms with Crippen LogP contribution < -0.4 is 5.32 Å². The average Bonchev–Trinajstić information content (AvgIpc) is 3.06. The summed E-state index contributed by atoms with van der Waals surface area (Å²) in [4.78, 5) is 28.9. The third-order valence-electron chi connectivity index (χ3n) is 5.25. The first-order chi connectivity index (χ1) is 14.4. The van der Waals surface area contributed by atoms with Crippen molar-refractivity contribution in [2.24, 2.45) is 0 Å². The van der Waals surface area contributed by atoms with Gasteiger partial charge >= 0.3 is 0 Å². The summed E-state index contributed by atoms with van der Waals surface area (Å²) in [6.45, 7) is 4.11. The molecule has 1 aliphatic rings. The van der Waals surface area contributed by atoms with Gasteiger partial charge in [0, 0.05) is 42.8 Å². The number of para-hydroxylation sites is 1. The van der Waals surface area contributed by atoms with Crippen LogP contribution in [0.2, 0.25) is 5.02 Å². The SMILES string of the molecule is Cc1c(C(=O)N2CCN(CC(=O)Nc3cccc(F)c3)CC2)oc2c(Cl)cccc12. The quantitative estimate of drug-likeness (QED) is 0.682. The van der Waals surface area contributed by atoms with Crippen LogP contribution in [-0.4, -0.2) is 54.3 Å². The van der Waals surface area contributed by atoms with E-state index in [1.807, 2.05) is 24.0 Å². The number of anilines is 1. The minimum atomic E-state index is -0.401. The third kappa shape index (κ3) is 4.17. The summed E-state index contributed by atoms with van der Waals surface area (Å²) >= 11 is 6.18. The van der Waals surface area contributed by atoms with Crippen molar-refractivity contribution in [1.29, 1.82) is 0 Å². The van der Waals surface area contributed by atoms with E-state index < -0.39 is 5.82 Å². The summed E-state index contributed by atoms with van der Waals surface area (Å²) in [5, 5.41) is 4.00. The first kappa shape index (κ1) is 20.4. The molecule has 1 aromatic heterocycles. The molecule has 0 spiro atoms. The maximum absolute atomic E-state index is 13.2. The van der Waals surface area contributed by atoms with Gasteiger partial charge in [0.25, 0.3) is 5.91 Å². The molecule has 0 atom stereocenters. The molecule has 1 saturated heterocycles. The maximum atomic E-state index is 13.2. The van der Waals surface area contributed by atoms with E-state index in [2.05, 4.69) is 5.32 Å². The van der Waals surface area contributed by atoms with E-state index >= 15 is 0 Å². The van der Waals surface area contributed by atoms with Crippen molar-refractivity contribution >= 4 is 40.1 Å². The van der Waals surface area contributed by atoms with Gasteiger partial charge in [0.05, 0.1) is 11.6 Å². The molecule has 0 bridgehead atoms. The van der Waals surface area contributed by atoms with Crippen molar-refractivity contribution in [2.45, 2.75) is 6.92 Å². The van der Waals surface area contributed by atoms with Gasteiger partial charge in [0.1, 0.15) is 5.82 Å². The standard InChI is InChI=1S/C22H21ClFN3O3/c1-14-17-6-3-7-18(23)21(17)30-20(14)22(29)27-10-8-26(9-11-27)13-19(28)25-16-5-2-4-15(24)12-16/h2-7,12H,8-11,13H2,1H3,(H,25,28). The van der Waals surface area contributed by atoms with Gasteiger partial charge in [-0.3, -0.25) is 14.5 Å². The molecule has 0 aliphatic carbocycles. The second-order valence-corrected chi connectivity index (χ2v) is 7.71. The Morgan fingerprint density at radius 2 is 1.87 bits per heavy atom. The van der Waals surface area contributed by atoms with Crippen molar-refractivity contribution in [1.82, 2.24) is 9.80 Å². The molecule has 6 nitrogen and oxygen atoms in total. The lowest BCUT2D eigenvalue weighted by Crippen LogP contribution is -2.50. The van der Waals surface area contributed by atoms with Crippen LogP contribution in [0.25, 0.3) is 11.0 Å². The highest BCUT2D eigenvalue weighted by atomic mass is 35.5. The van der Waals surface area contributed by atoms with E-state index in [4.69, 9.17) is 16.0 Å². The van der Waals surface area contributed by atoms with E-state index in [0.717, 1.165) is 10.9 Å². The van der Waals surface area contributed by atoms with E-state index in [9.17, 15) is 14.0 Å². The number of halogens is 2. The fraction of sp³-hybridized carbons (Fsp3) is 0.273. The zero-order chi connectivity index (χ0) is 21.3. The van der Waals surface area contributed by atoms with Crippen LogP contribution in [-0.2, 0) is 4.79 Å². The molecule has 2 aromatic carbocycles. The molecule has 1 fully saturated rings. The van der Waals surface area contributed by atoms with Gasteiger partial charge in [0.15, 0.2) is 11.3 Å². The van der Waals surface area contributed by atoms with Crippen LogP contribution in [0.1, 0.15) is 16.1 Å². The summed E-state index contributed by atoms with van der Waals surface area (Å²) < 4.78 is 19.0. The zero-order valence-electron chi connectivity index (χ0n) is 16.5. The van der Waals surface area contributed by atoms with Crippen LogP contribution in [0.3, 0.4) is 0 Å². The highest BCUT2D eigenvalue weighted by Gasteiger charge is 2.27. The van der Waals surface area contributed by atoms with Crippen LogP contribution in [0.5, 0.6) is 0 Å². The van der Waals surface area contributed by atoms with Gasteiger partial charge in [-0.15, -0.1) is 0 Å². The summed E-state index contributed by atoms with van der Waals surface area (Å²) in [6, 6.07) is 11.2. The molecule has 1 N–H and O–H groups in total. The van der Waals surface area contributed by atoms with Gasteiger partial charge in [-0.25, -0.2) is 4.39 Å². The Balaban J connectivity index is 1.35. The fourth-order valence-electron chi connectivity index (χ4n) is 3.64. The Morgan fingerprint density at radius 1 is 1.13 bits per heavy atom. The normalized spacial score (nSPS) is 14.8. The number of nitrogens with one attached hydrogen (secondary N) is 1. The lowest BCUT2D eigenvalue weighted by molar-refractivity contribution is -0.117. The van der Waals surface area contributed by atoms with E-state index in [0.29, 0.717) is 48.2 Å². The number of hydrogen-bond acceptors (Lipinski definition) is 4. The zero-order valence-corrected chi connectivity index (χ0v) is 17.2.